The Balaban J connectivity index is 1.84. The molecule has 3 aliphatic rings. The molecule has 5 unspecified atom stereocenters. The van der Waals surface area contributed by atoms with E-state index in [4.69, 9.17) is 9.47 Å². The molecule has 2 bridgehead atoms. The number of esters is 2. The van der Waals surface area contributed by atoms with Gasteiger partial charge in [0.15, 0.2) is 5.41 Å². The highest BCUT2D eigenvalue weighted by Crippen LogP contribution is 2.62. The summed E-state index contributed by atoms with van der Waals surface area (Å²) in [6, 6.07) is 0. The van der Waals surface area contributed by atoms with Gasteiger partial charge in [0.25, 0.3) is 0 Å². The quantitative estimate of drug-likeness (QED) is 0.451. The standard InChI is InChI=1S/C15H17NO6/c1-6(2)12(18)21-10-8-4-9-11(10)22-14(20)15(9,5-8)13(19)16-7(3)17/h8-11H,1,4-5H2,2-3H3,(H,16,17,19). The van der Waals surface area contributed by atoms with Gasteiger partial charge in [-0.05, 0) is 19.8 Å². The van der Waals surface area contributed by atoms with E-state index in [9.17, 15) is 19.2 Å². The SMILES string of the molecule is C=C(C)C(=O)OC1C2CC3C1OC(=O)C3(C(=O)NC(C)=O)C2. The summed E-state index contributed by atoms with van der Waals surface area (Å²) in [5.74, 6) is -2.75. The minimum atomic E-state index is -1.31. The Kier molecular flexibility index (Phi) is 3.12. The van der Waals surface area contributed by atoms with Gasteiger partial charge in [-0.25, -0.2) is 4.79 Å². The average Bonchev–Trinajstić information content (AvgIpc) is 2.99. The van der Waals surface area contributed by atoms with Crippen LogP contribution < -0.4 is 5.32 Å². The van der Waals surface area contributed by atoms with Crippen molar-refractivity contribution < 1.29 is 28.7 Å². The van der Waals surface area contributed by atoms with Crippen LogP contribution in [-0.4, -0.2) is 36.0 Å². The lowest BCUT2D eigenvalue weighted by Crippen LogP contribution is -2.50. The first-order chi connectivity index (χ1) is 10.3. The molecule has 118 valence electrons. The molecule has 1 N–H and O–H groups in total. The van der Waals surface area contributed by atoms with Crippen LogP contribution in [-0.2, 0) is 28.7 Å². The van der Waals surface area contributed by atoms with Gasteiger partial charge < -0.3 is 9.47 Å². The number of rotatable bonds is 3. The smallest absolute Gasteiger partial charge is 0.333 e. The van der Waals surface area contributed by atoms with Crippen LogP contribution >= 0.6 is 0 Å². The molecular formula is C15H17NO6. The van der Waals surface area contributed by atoms with Crippen molar-refractivity contribution in [1.82, 2.24) is 5.32 Å². The van der Waals surface area contributed by atoms with E-state index in [0.717, 1.165) is 0 Å². The van der Waals surface area contributed by atoms with Crippen molar-refractivity contribution in [3.8, 4) is 0 Å². The van der Waals surface area contributed by atoms with E-state index >= 15 is 0 Å². The third-order valence-electron chi connectivity index (χ3n) is 4.85. The second-order valence-electron chi connectivity index (χ2n) is 6.31. The molecule has 3 rings (SSSR count). The number of ether oxygens (including phenoxy) is 2. The van der Waals surface area contributed by atoms with Crippen molar-refractivity contribution in [2.45, 2.75) is 38.9 Å². The zero-order valence-electron chi connectivity index (χ0n) is 12.4. The zero-order chi connectivity index (χ0) is 16.2. The Hall–Kier alpha value is -2.18. The van der Waals surface area contributed by atoms with Gasteiger partial charge >= 0.3 is 11.9 Å². The molecule has 1 saturated heterocycles. The molecule has 2 aliphatic carbocycles. The van der Waals surface area contributed by atoms with Gasteiger partial charge in [-0.3, -0.25) is 19.7 Å². The van der Waals surface area contributed by atoms with Crippen LogP contribution in [0.1, 0.15) is 26.7 Å². The molecule has 5 atom stereocenters. The molecule has 0 radical (unpaired) electrons. The zero-order valence-corrected chi connectivity index (χ0v) is 12.4. The van der Waals surface area contributed by atoms with E-state index in [1.54, 1.807) is 6.92 Å². The van der Waals surface area contributed by atoms with E-state index in [0.29, 0.717) is 6.42 Å². The fourth-order valence-electron chi connectivity index (χ4n) is 3.96. The van der Waals surface area contributed by atoms with Crippen molar-refractivity contribution in [2.75, 3.05) is 0 Å². The van der Waals surface area contributed by atoms with E-state index in [1.807, 2.05) is 0 Å². The van der Waals surface area contributed by atoms with Gasteiger partial charge in [-0.2, -0.15) is 0 Å². The maximum atomic E-state index is 12.3. The van der Waals surface area contributed by atoms with Crippen molar-refractivity contribution in [2.24, 2.45) is 17.3 Å². The minimum Gasteiger partial charge on any atom is -0.457 e. The number of carbonyl (C=O) groups is 4. The first-order valence-electron chi connectivity index (χ1n) is 7.17. The number of amides is 2. The number of carbonyl (C=O) groups excluding carboxylic acids is 4. The Morgan fingerprint density at radius 2 is 2.05 bits per heavy atom. The lowest BCUT2D eigenvalue weighted by molar-refractivity contribution is -0.159. The van der Waals surface area contributed by atoms with Crippen LogP contribution in [0.4, 0.5) is 0 Å². The van der Waals surface area contributed by atoms with E-state index in [1.165, 1.54) is 6.92 Å². The number of hydrogen-bond donors (Lipinski definition) is 1. The van der Waals surface area contributed by atoms with Crippen LogP contribution in [0.25, 0.3) is 0 Å². The largest absolute Gasteiger partial charge is 0.457 e. The maximum absolute atomic E-state index is 12.3. The molecule has 0 aromatic carbocycles. The van der Waals surface area contributed by atoms with Gasteiger partial charge in [0, 0.05) is 24.3 Å². The summed E-state index contributed by atoms with van der Waals surface area (Å²) >= 11 is 0. The van der Waals surface area contributed by atoms with Gasteiger partial charge in [0.1, 0.15) is 12.2 Å². The third-order valence-corrected chi connectivity index (χ3v) is 4.85. The van der Waals surface area contributed by atoms with Gasteiger partial charge in [-0.15, -0.1) is 0 Å². The molecule has 0 aromatic rings. The molecule has 2 saturated carbocycles. The number of fused-ring (bicyclic) bond motifs is 1. The predicted molar refractivity (Wildman–Crippen MR) is 72.0 cm³/mol. The maximum Gasteiger partial charge on any atom is 0.333 e. The normalized spacial score (nSPS) is 37.6. The average molecular weight is 307 g/mol. The van der Waals surface area contributed by atoms with E-state index in [-0.39, 0.29) is 23.8 Å². The van der Waals surface area contributed by atoms with Crippen LogP contribution in [0.5, 0.6) is 0 Å². The monoisotopic (exact) mass is 307 g/mol. The van der Waals surface area contributed by atoms with Crippen molar-refractivity contribution >= 4 is 23.8 Å². The number of nitrogens with one attached hydrogen (secondary N) is 1. The van der Waals surface area contributed by atoms with Crippen LogP contribution in [0.3, 0.4) is 0 Å². The van der Waals surface area contributed by atoms with Crippen molar-refractivity contribution in [1.29, 1.82) is 0 Å². The Morgan fingerprint density at radius 3 is 2.64 bits per heavy atom. The molecule has 7 heteroatoms. The van der Waals surface area contributed by atoms with E-state index < -0.39 is 41.4 Å². The summed E-state index contributed by atoms with van der Waals surface area (Å²) in [5.41, 5.74) is -1.04. The predicted octanol–water partition coefficient (Wildman–Crippen LogP) is 0.0886. The Bertz CT molecular complexity index is 611. The van der Waals surface area contributed by atoms with Crippen LogP contribution in [0.2, 0.25) is 0 Å². The first-order valence-corrected chi connectivity index (χ1v) is 7.17. The van der Waals surface area contributed by atoms with Crippen molar-refractivity contribution in [3.63, 3.8) is 0 Å². The highest BCUT2D eigenvalue weighted by atomic mass is 16.6. The summed E-state index contributed by atoms with van der Waals surface area (Å²) in [6.45, 7) is 6.29. The van der Waals surface area contributed by atoms with E-state index in [2.05, 4.69) is 11.9 Å². The summed E-state index contributed by atoms with van der Waals surface area (Å²) in [7, 11) is 0. The second kappa shape index (κ2) is 4.66. The molecule has 22 heavy (non-hydrogen) atoms. The highest BCUT2D eigenvalue weighted by Gasteiger charge is 2.74. The first kappa shape index (κ1) is 14.7. The highest BCUT2D eigenvalue weighted by molar-refractivity contribution is 6.10. The third kappa shape index (κ3) is 1.81. The Labute approximate surface area is 127 Å². The van der Waals surface area contributed by atoms with Crippen LogP contribution in [0.15, 0.2) is 12.2 Å². The number of imide groups is 1. The van der Waals surface area contributed by atoms with Gasteiger partial charge in [-0.1, -0.05) is 6.58 Å². The molecule has 0 spiro atoms. The molecule has 1 heterocycles. The molecule has 0 aromatic heterocycles. The summed E-state index contributed by atoms with van der Waals surface area (Å²) in [6.07, 6.45) is -0.359. The fourth-order valence-corrected chi connectivity index (χ4v) is 3.96. The van der Waals surface area contributed by atoms with Gasteiger partial charge in [0.2, 0.25) is 11.8 Å². The molecule has 2 amide bonds. The summed E-state index contributed by atoms with van der Waals surface area (Å²) in [5, 5.41) is 2.19. The lowest BCUT2D eigenvalue weighted by Gasteiger charge is -2.30. The second-order valence-corrected chi connectivity index (χ2v) is 6.31. The minimum absolute atomic E-state index is 0.123. The van der Waals surface area contributed by atoms with Crippen molar-refractivity contribution in [3.05, 3.63) is 12.2 Å². The molecule has 3 fully saturated rings. The summed E-state index contributed by atoms with van der Waals surface area (Å²) in [4.78, 5) is 47.4. The summed E-state index contributed by atoms with van der Waals surface area (Å²) < 4.78 is 10.7. The molecule has 7 nitrogen and oxygen atoms in total. The lowest BCUT2D eigenvalue weighted by atomic mass is 9.72. The van der Waals surface area contributed by atoms with Crippen LogP contribution in [0, 0.1) is 17.3 Å². The molecular weight excluding hydrogens is 290 g/mol. The fraction of sp³-hybridized carbons (Fsp3) is 0.600. The van der Waals surface area contributed by atoms with Gasteiger partial charge in [0.05, 0.1) is 0 Å². The Morgan fingerprint density at radius 1 is 1.36 bits per heavy atom. The molecule has 1 aliphatic heterocycles. The topological polar surface area (TPSA) is 98.8 Å². The number of hydrogen-bond acceptors (Lipinski definition) is 6.